The molecular formula is C13H10N4O8S. The van der Waals surface area contributed by atoms with E-state index in [1.54, 1.807) is 6.07 Å². The van der Waals surface area contributed by atoms with Gasteiger partial charge in [-0.25, -0.2) is 4.79 Å². The number of aromatic nitrogens is 1. The molecule has 0 bridgehead atoms. The van der Waals surface area contributed by atoms with E-state index in [4.69, 9.17) is 11.0 Å². The number of carbonyl (C=O) groups excluding carboxylic acids is 1. The van der Waals surface area contributed by atoms with Gasteiger partial charge in [0.05, 0.1) is 29.0 Å². The number of hydrogen-bond acceptors (Lipinski definition) is 9. The number of nitrogens with zero attached hydrogens (tertiary/aromatic N) is 3. The lowest BCUT2D eigenvalue weighted by Crippen LogP contribution is -2.12. The number of nitro groups is 1. The SMILES string of the molecule is COC(=O)c1c(N)c(C#N)cn1-c1cc(S(=O)(=O)O)cc([N+](=O)[O-])c1O. The molecule has 0 aliphatic heterocycles. The highest BCUT2D eigenvalue weighted by atomic mass is 32.2. The Morgan fingerprint density at radius 1 is 1.46 bits per heavy atom. The lowest BCUT2D eigenvalue weighted by atomic mass is 10.2. The number of ether oxygens (including phenoxy) is 1. The summed E-state index contributed by atoms with van der Waals surface area (Å²) in [5.74, 6) is -2.07. The van der Waals surface area contributed by atoms with Gasteiger partial charge in [0.15, 0.2) is 5.69 Å². The van der Waals surface area contributed by atoms with Crippen molar-refractivity contribution in [3.63, 3.8) is 0 Å². The third-order valence-electron chi connectivity index (χ3n) is 3.34. The molecule has 0 saturated heterocycles. The monoisotopic (exact) mass is 382 g/mol. The second-order valence-corrected chi connectivity index (χ2v) is 6.24. The van der Waals surface area contributed by atoms with E-state index in [-0.39, 0.29) is 11.3 Å². The Morgan fingerprint density at radius 3 is 2.54 bits per heavy atom. The fourth-order valence-corrected chi connectivity index (χ4v) is 2.68. The van der Waals surface area contributed by atoms with Crippen molar-refractivity contribution in [3.05, 3.63) is 39.7 Å². The molecule has 0 spiro atoms. The van der Waals surface area contributed by atoms with Gasteiger partial charge in [-0.05, 0) is 6.07 Å². The maximum atomic E-state index is 12.0. The smallest absolute Gasteiger partial charge is 0.357 e. The molecule has 1 aromatic heterocycles. The maximum absolute atomic E-state index is 12.0. The number of rotatable bonds is 4. The summed E-state index contributed by atoms with van der Waals surface area (Å²) in [5, 5.41) is 30.3. The van der Waals surface area contributed by atoms with E-state index in [1.165, 1.54) is 0 Å². The van der Waals surface area contributed by atoms with Crippen LogP contribution in [0.4, 0.5) is 11.4 Å². The molecule has 26 heavy (non-hydrogen) atoms. The number of anilines is 1. The zero-order valence-corrected chi connectivity index (χ0v) is 13.7. The van der Waals surface area contributed by atoms with Crippen LogP contribution in [-0.4, -0.2) is 40.6 Å². The van der Waals surface area contributed by atoms with E-state index in [1.807, 2.05) is 0 Å². The van der Waals surface area contributed by atoms with Gasteiger partial charge >= 0.3 is 11.7 Å². The quantitative estimate of drug-likeness (QED) is 0.291. The number of nitrogen functional groups attached to an aromatic ring is 1. The van der Waals surface area contributed by atoms with Crippen LogP contribution in [0.1, 0.15) is 16.1 Å². The number of aromatic hydroxyl groups is 1. The standard InChI is InChI=1S/C13H10N4O8S/c1-25-13(19)11-10(15)6(4-14)5-16(11)8-2-7(26(22,23)24)3-9(12(8)18)17(20)21/h2-3,5,18H,15H2,1H3,(H,22,23,24). The molecule has 0 amide bonds. The molecule has 0 unspecified atom stereocenters. The minimum absolute atomic E-state index is 0.232. The number of esters is 1. The van der Waals surface area contributed by atoms with Gasteiger partial charge in [-0.3, -0.25) is 14.7 Å². The average Bonchev–Trinajstić information content (AvgIpc) is 2.89. The van der Waals surface area contributed by atoms with Crippen molar-refractivity contribution in [1.29, 1.82) is 5.26 Å². The predicted molar refractivity (Wildman–Crippen MR) is 84.4 cm³/mol. The largest absolute Gasteiger partial charge is 0.501 e. The molecule has 1 heterocycles. The zero-order valence-electron chi connectivity index (χ0n) is 12.9. The fourth-order valence-electron chi connectivity index (χ4n) is 2.16. The lowest BCUT2D eigenvalue weighted by Gasteiger charge is -2.11. The number of phenols is 1. The first-order chi connectivity index (χ1) is 12.0. The van der Waals surface area contributed by atoms with Gasteiger partial charge in [0.25, 0.3) is 10.1 Å². The number of benzene rings is 1. The molecule has 0 aliphatic carbocycles. The van der Waals surface area contributed by atoms with Gasteiger partial charge in [0.1, 0.15) is 11.0 Å². The van der Waals surface area contributed by atoms with E-state index in [9.17, 15) is 33.0 Å². The first-order valence-corrected chi connectivity index (χ1v) is 7.95. The number of hydrogen-bond donors (Lipinski definition) is 3. The molecule has 0 atom stereocenters. The van der Waals surface area contributed by atoms with Crippen molar-refractivity contribution < 1.29 is 32.5 Å². The molecule has 1 aromatic carbocycles. The van der Waals surface area contributed by atoms with Crippen LogP contribution in [0, 0.1) is 21.4 Å². The van der Waals surface area contributed by atoms with Gasteiger partial charge in [0, 0.05) is 12.3 Å². The Labute approximate surface area is 145 Å². The summed E-state index contributed by atoms with van der Waals surface area (Å²) in [7, 11) is -3.89. The number of phenolic OH excluding ortho intramolecular Hbond substituents is 1. The van der Waals surface area contributed by atoms with E-state index >= 15 is 0 Å². The minimum Gasteiger partial charge on any atom is -0.501 e. The number of nitriles is 1. The molecule has 12 nitrogen and oxygen atoms in total. The first-order valence-electron chi connectivity index (χ1n) is 6.51. The Hall–Kier alpha value is -3.63. The molecule has 4 N–H and O–H groups in total. The summed E-state index contributed by atoms with van der Waals surface area (Å²) < 4.78 is 37.2. The normalized spacial score (nSPS) is 11.0. The first kappa shape index (κ1) is 18.7. The molecule has 2 aromatic rings. The Bertz CT molecular complexity index is 1080. The van der Waals surface area contributed by atoms with E-state index in [2.05, 4.69) is 4.74 Å². The molecule has 0 fully saturated rings. The molecule has 136 valence electrons. The van der Waals surface area contributed by atoms with Crippen LogP contribution < -0.4 is 5.73 Å². The number of carbonyl (C=O) groups is 1. The van der Waals surface area contributed by atoms with Gasteiger partial charge < -0.3 is 20.1 Å². The van der Waals surface area contributed by atoms with E-state index in [0.29, 0.717) is 12.1 Å². The maximum Gasteiger partial charge on any atom is 0.357 e. The lowest BCUT2D eigenvalue weighted by molar-refractivity contribution is -0.386. The highest BCUT2D eigenvalue weighted by molar-refractivity contribution is 7.85. The average molecular weight is 382 g/mol. The Morgan fingerprint density at radius 2 is 2.08 bits per heavy atom. The van der Waals surface area contributed by atoms with Gasteiger partial charge in [-0.1, -0.05) is 0 Å². The number of nitrogens with two attached hydrogens (primary N) is 1. The van der Waals surface area contributed by atoms with Crippen LogP contribution in [0.3, 0.4) is 0 Å². The van der Waals surface area contributed by atoms with Crippen molar-refractivity contribution in [2.24, 2.45) is 0 Å². The van der Waals surface area contributed by atoms with Crippen molar-refractivity contribution in [1.82, 2.24) is 4.57 Å². The summed E-state index contributed by atoms with van der Waals surface area (Å²) >= 11 is 0. The third-order valence-corrected chi connectivity index (χ3v) is 4.17. The summed E-state index contributed by atoms with van der Waals surface area (Å²) in [6.45, 7) is 0. The minimum atomic E-state index is -4.89. The Balaban J connectivity index is 2.98. The predicted octanol–water partition coefficient (Wildman–Crippen LogP) is 0.578. The van der Waals surface area contributed by atoms with Crippen LogP contribution in [0.5, 0.6) is 5.75 Å². The van der Waals surface area contributed by atoms with Crippen molar-refractivity contribution in [2.45, 2.75) is 4.90 Å². The second kappa shape index (κ2) is 6.35. The molecule has 0 saturated carbocycles. The molecule has 0 aliphatic rings. The van der Waals surface area contributed by atoms with Crippen LogP contribution >= 0.6 is 0 Å². The highest BCUT2D eigenvalue weighted by Gasteiger charge is 2.29. The van der Waals surface area contributed by atoms with Crippen molar-refractivity contribution >= 4 is 27.5 Å². The number of nitro benzene ring substituents is 1. The van der Waals surface area contributed by atoms with Crippen LogP contribution in [-0.2, 0) is 14.9 Å². The molecule has 2 rings (SSSR count). The summed E-state index contributed by atoms with van der Waals surface area (Å²) in [4.78, 5) is 21.0. The molecule has 13 heteroatoms. The fraction of sp³-hybridized carbons (Fsp3) is 0.0769. The van der Waals surface area contributed by atoms with Crippen LogP contribution in [0.15, 0.2) is 23.2 Å². The van der Waals surface area contributed by atoms with Crippen LogP contribution in [0.25, 0.3) is 5.69 Å². The Kier molecular flexibility index (Phi) is 4.57. The van der Waals surface area contributed by atoms with Gasteiger partial charge in [-0.15, -0.1) is 0 Å². The summed E-state index contributed by atoms with van der Waals surface area (Å²) in [6, 6.07) is 2.78. The van der Waals surface area contributed by atoms with Crippen molar-refractivity contribution in [3.8, 4) is 17.5 Å². The van der Waals surface area contributed by atoms with Gasteiger partial charge in [-0.2, -0.15) is 13.7 Å². The van der Waals surface area contributed by atoms with E-state index < -0.39 is 48.7 Å². The summed E-state index contributed by atoms with van der Waals surface area (Å²) in [6.07, 6.45) is 0.953. The topological polar surface area (TPSA) is 199 Å². The zero-order chi connectivity index (χ0) is 19.8. The molecular weight excluding hydrogens is 372 g/mol. The van der Waals surface area contributed by atoms with Crippen molar-refractivity contribution in [2.75, 3.05) is 12.8 Å². The second-order valence-electron chi connectivity index (χ2n) is 4.82. The third kappa shape index (κ3) is 3.01. The van der Waals surface area contributed by atoms with Gasteiger partial charge in [0.2, 0.25) is 5.75 Å². The van der Waals surface area contributed by atoms with E-state index in [0.717, 1.165) is 17.9 Å². The molecule has 0 radical (unpaired) electrons. The highest BCUT2D eigenvalue weighted by Crippen LogP contribution is 2.37. The summed E-state index contributed by atoms with van der Waals surface area (Å²) in [5.41, 5.74) is 2.98. The van der Waals surface area contributed by atoms with Crippen LogP contribution in [0.2, 0.25) is 0 Å². The number of methoxy groups -OCH3 is 1.